The lowest BCUT2D eigenvalue weighted by Gasteiger charge is -2.62. The molecule has 0 N–H and O–H groups in total. The van der Waals surface area contributed by atoms with Gasteiger partial charge in [0.05, 0.1) is 12.2 Å². The van der Waals surface area contributed by atoms with Crippen LogP contribution < -0.4 is 0 Å². The van der Waals surface area contributed by atoms with Gasteiger partial charge in [0.1, 0.15) is 0 Å². The van der Waals surface area contributed by atoms with Crippen LogP contribution in [0.3, 0.4) is 0 Å². The van der Waals surface area contributed by atoms with Crippen molar-refractivity contribution in [2.45, 2.75) is 166 Å². The van der Waals surface area contributed by atoms with Crippen LogP contribution in [0.1, 0.15) is 148 Å². The average molecular weight is 611 g/mol. The Kier molecular flexibility index (Phi) is 9.52. The highest BCUT2D eigenvalue weighted by molar-refractivity contribution is 5.94. The van der Waals surface area contributed by atoms with Crippen molar-refractivity contribution in [2.75, 3.05) is 0 Å². The molecule has 5 rings (SSSR count). The van der Waals surface area contributed by atoms with E-state index in [2.05, 4.69) is 96.1 Å². The topological polar surface area (TPSA) is 35.5 Å². The van der Waals surface area contributed by atoms with E-state index in [1.54, 1.807) is 0 Å². The molecular weight excluding hydrogens is 540 g/mol. The molecule has 15 atom stereocenters. The van der Waals surface area contributed by atoms with Gasteiger partial charge in [0, 0.05) is 11.8 Å². The predicted octanol–water partition coefficient (Wildman–Crippen LogP) is 10.9. The number of fused-ring (bicyclic) bond motifs is 5. The number of ether oxygens (including phenoxy) is 2. The molecule has 1 heterocycles. The Morgan fingerprint density at radius 2 is 1.64 bits per heavy atom. The maximum atomic E-state index is 13.9. The lowest BCUT2D eigenvalue weighted by atomic mass is 9.42. The van der Waals surface area contributed by atoms with E-state index in [0.29, 0.717) is 53.1 Å². The third-order valence-corrected chi connectivity index (χ3v) is 15.7. The van der Waals surface area contributed by atoms with Crippen molar-refractivity contribution in [1.29, 1.82) is 0 Å². The van der Waals surface area contributed by atoms with Gasteiger partial charge in [0.15, 0.2) is 12.1 Å². The first kappa shape index (κ1) is 34.7. The second-order valence-electron chi connectivity index (χ2n) is 19.1. The van der Waals surface area contributed by atoms with Gasteiger partial charge >= 0.3 is 0 Å². The van der Waals surface area contributed by atoms with Gasteiger partial charge in [-0.3, -0.25) is 4.79 Å². The summed E-state index contributed by atoms with van der Waals surface area (Å²) < 4.78 is 14.0. The van der Waals surface area contributed by atoms with Crippen molar-refractivity contribution < 1.29 is 14.3 Å². The van der Waals surface area contributed by atoms with Gasteiger partial charge in [-0.2, -0.15) is 0 Å². The first-order valence-electron chi connectivity index (χ1n) is 18.9. The summed E-state index contributed by atoms with van der Waals surface area (Å²) in [5.74, 6) is 5.15. The average Bonchev–Trinajstić information content (AvgIpc) is 3.23. The molecule has 1 saturated heterocycles. The highest BCUT2D eigenvalue weighted by Gasteiger charge is 2.65. The predicted molar refractivity (Wildman–Crippen MR) is 183 cm³/mol. The van der Waals surface area contributed by atoms with E-state index in [-0.39, 0.29) is 46.1 Å². The van der Waals surface area contributed by atoms with Crippen LogP contribution in [0.4, 0.5) is 0 Å². The first-order chi connectivity index (χ1) is 20.4. The molecule has 0 spiro atoms. The number of rotatable bonds is 7. The third kappa shape index (κ3) is 5.62. The largest absolute Gasteiger partial charge is 0.349 e. The zero-order chi connectivity index (χ0) is 32.6. The second kappa shape index (κ2) is 12.1. The van der Waals surface area contributed by atoms with Gasteiger partial charge in [0.25, 0.3) is 0 Å². The molecule has 0 aromatic heterocycles. The van der Waals surface area contributed by atoms with E-state index in [4.69, 9.17) is 9.47 Å². The Balaban J connectivity index is 1.43. The second-order valence-corrected chi connectivity index (χ2v) is 19.1. The van der Waals surface area contributed by atoms with Gasteiger partial charge < -0.3 is 9.47 Å². The quantitative estimate of drug-likeness (QED) is 0.288. The van der Waals surface area contributed by atoms with E-state index in [1.807, 2.05) is 0 Å². The third-order valence-electron chi connectivity index (χ3n) is 15.7. The summed E-state index contributed by atoms with van der Waals surface area (Å²) in [4.78, 5) is 13.9. The zero-order valence-electron chi connectivity index (χ0n) is 31.1. The summed E-state index contributed by atoms with van der Waals surface area (Å²) in [7, 11) is 0. The van der Waals surface area contributed by atoms with Gasteiger partial charge in [-0.1, -0.05) is 95.6 Å². The molecule has 0 aromatic carbocycles. The number of ketones is 1. The molecule has 5 aliphatic rings. The van der Waals surface area contributed by atoms with Crippen molar-refractivity contribution in [3.63, 3.8) is 0 Å². The summed E-state index contributed by atoms with van der Waals surface area (Å²) >= 11 is 0. The van der Waals surface area contributed by atoms with Crippen molar-refractivity contribution in [3.8, 4) is 0 Å². The fraction of sp³-hybridized carbons (Fsp3) is 0.927. The van der Waals surface area contributed by atoms with E-state index in [9.17, 15) is 4.79 Å². The highest BCUT2D eigenvalue weighted by Crippen LogP contribution is 2.72. The minimum atomic E-state index is -0.124. The highest BCUT2D eigenvalue weighted by atomic mass is 16.7. The van der Waals surface area contributed by atoms with Gasteiger partial charge in [-0.25, -0.2) is 0 Å². The molecule has 252 valence electrons. The maximum Gasteiger partial charge on any atom is 0.161 e. The number of carbonyl (C=O) groups excluding carboxylic acids is 1. The minimum Gasteiger partial charge on any atom is -0.349 e. The molecule has 0 bridgehead atoms. The molecule has 3 saturated carbocycles. The standard InChI is InChI=1S/C41H70O3/c1-14-35-27(5)26(4)28(6)37(43-35)44-36(17-18-38(8,9)10)29(7)30-15-19-41(13)32-22-34(42)33-21-24(2)25(3)23-39(33,11)31(32)16-20-40(30,41)12/h22,24-31,33,35-37H,14-21,23H2,1-13H3/t24-,25+,26?,27?,28?,29+,30-,31?,33+,35?,36-,37?,39-,40-,41+/m1/s1. The fourth-order valence-electron chi connectivity index (χ4n) is 11.7. The molecule has 0 amide bonds. The van der Waals surface area contributed by atoms with Crippen LogP contribution in [-0.4, -0.2) is 24.3 Å². The van der Waals surface area contributed by atoms with Crippen LogP contribution in [0.2, 0.25) is 0 Å². The lowest BCUT2D eigenvalue weighted by Crippen LogP contribution is -2.56. The van der Waals surface area contributed by atoms with Crippen LogP contribution >= 0.6 is 0 Å². The molecule has 0 aromatic rings. The van der Waals surface area contributed by atoms with Crippen molar-refractivity contribution in [2.24, 2.45) is 74.9 Å². The molecule has 4 fully saturated rings. The Labute approximate surface area is 272 Å². The van der Waals surface area contributed by atoms with Crippen LogP contribution in [0.25, 0.3) is 0 Å². The molecule has 3 nitrogen and oxygen atoms in total. The normalized spacial score (nSPS) is 49.0. The van der Waals surface area contributed by atoms with Crippen LogP contribution in [0, 0.1) is 74.9 Å². The summed E-state index contributed by atoms with van der Waals surface area (Å²) in [5.41, 5.74) is 2.20. The first-order valence-corrected chi connectivity index (χ1v) is 18.9. The minimum absolute atomic E-state index is 0.0885. The summed E-state index contributed by atoms with van der Waals surface area (Å²) in [6.07, 6.45) is 13.1. The number of hydrogen-bond acceptors (Lipinski definition) is 3. The van der Waals surface area contributed by atoms with E-state index in [0.717, 1.165) is 25.7 Å². The summed E-state index contributed by atoms with van der Waals surface area (Å²) in [6.45, 7) is 31.5. The number of hydrogen-bond donors (Lipinski definition) is 0. The number of carbonyl (C=O) groups is 1. The molecule has 1 aliphatic heterocycles. The number of allylic oxidation sites excluding steroid dienone is 2. The van der Waals surface area contributed by atoms with Crippen LogP contribution in [-0.2, 0) is 14.3 Å². The molecule has 44 heavy (non-hydrogen) atoms. The summed E-state index contributed by atoms with van der Waals surface area (Å²) in [5, 5.41) is 0. The van der Waals surface area contributed by atoms with Crippen molar-refractivity contribution in [3.05, 3.63) is 11.6 Å². The maximum absolute atomic E-state index is 13.9. The van der Waals surface area contributed by atoms with E-state index < -0.39 is 0 Å². The molecule has 6 unspecified atom stereocenters. The van der Waals surface area contributed by atoms with Crippen molar-refractivity contribution >= 4 is 5.78 Å². The fourth-order valence-corrected chi connectivity index (χ4v) is 11.7. The Hall–Kier alpha value is -0.670. The van der Waals surface area contributed by atoms with E-state index in [1.165, 1.54) is 37.7 Å². The summed E-state index contributed by atoms with van der Waals surface area (Å²) in [6, 6.07) is 0. The smallest absolute Gasteiger partial charge is 0.161 e. The zero-order valence-corrected chi connectivity index (χ0v) is 31.1. The van der Waals surface area contributed by atoms with Gasteiger partial charge in [-0.15, -0.1) is 0 Å². The molecule has 3 heteroatoms. The Bertz CT molecular complexity index is 1080. The lowest BCUT2D eigenvalue weighted by molar-refractivity contribution is -0.274. The Morgan fingerprint density at radius 1 is 0.955 bits per heavy atom. The monoisotopic (exact) mass is 611 g/mol. The molecule has 4 aliphatic carbocycles. The SMILES string of the molecule is CCC1OC(O[C@H](CCC(C)(C)C)[C@@H](C)[C@H]2CC[C@@]3(C)C4=CC(=O)[C@@H]5C[C@@H](C)[C@@H](C)C[C@]5(C)C4CC[C@]23C)C(C)C(C)C1C. The van der Waals surface area contributed by atoms with Crippen molar-refractivity contribution in [1.82, 2.24) is 0 Å². The van der Waals surface area contributed by atoms with Gasteiger partial charge in [0.2, 0.25) is 0 Å². The molecule has 0 radical (unpaired) electrons. The molecular formula is C41H70O3. The Morgan fingerprint density at radius 3 is 2.27 bits per heavy atom. The van der Waals surface area contributed by atoms with Crippen LogP contribution in [0.5, 0.6) is 0 Å². The van der Waals surface area contributed by atoms with Crippen LogP contribution in [0.15, 0.2) is 11.6 Å². The van der Waals surface area contributed by atoms with Gasteiger partial charge in [-0.05, 0) is 127 Å². The van der Waals surface area contributed by atoms with E-state index >= 15 is 0 Å².